The van der Waals surface area contributed by atoms with Crippen LogP contribution >= 0.6 is 11.6 Å². The fourth-order valence-electron chi connectivity index (χ4n) is 1.64. The molecule has 2 nitrogen and oxygen atoms in total. The van der Waals surface area contributed by atoms with Crippen LogP contribution in [0.15, 0.2) is 23.8 Å². The molecule has 0 aromatic carbocycles. The first-order valence-corrected chi connectivity index (χ1v) is 6.14. The van der Waals surface area contributed by atoms with Crippen LogP contribution in [0.4, 0.5) is 0 Å². The van der Waals surface area contributed by atoms with Gasteiger partial charge in [0.2, 0.25) is 0 Å². The molecule has 2 unspecified atom stereocenters. The van der Waals surface area contributed by atoms with Gasteiger partial charge in [-0.25, -0.2) is 0 Å². The average molecular weight is 229 g/mol. The molecule has 1 aliphatic rings. The Morgan fingerprint density at radius 1 is 1.67 bits per heavy atom. The SMILES string of the molecule is CCC(CN)NCCC1=CCC(Cl)C=C1. The zero-order valence-electron chi connectivity index (χ0n) is 9.38. The lowest BCUT2D eigenvalue weighted by Gasteiger charge is -2.15. The molecular formula is C12H21ClN2. The first kappa shape index (κ1) is 12.8. The van der Waals surface area contributed by atoms with Crippen LogP contribution in [-0.4, -0.2) is 24.5 Å². The number of rotatable bonds is 6. The Hall–Kier alpha value is -0.310. The summed E-state index contributed by atoms with van der Waals surface area (Å²) in [6.45, 7) is 3.87. The zero-order valence-corrected chi connectivity index (χ0v) is 10.1. The lowest BCUT2D eigenvalue weighted by Crippen LogP contribution is -2.36. The minimum absolute atomic E-state index is 0.189. The number of nitrogens with one attached hydrogen (secondary N) is 1. The number of hydrogen-bond donors (Lipinski definition) is 2. The van der Waals surface area contributed by atoms with Crippen LogP contribution in [0.3, 0.4) is 0 Å². The van der Waals surface area contributed by atoms with Gasteiger partial charge in [-0.3, -0.25) is 0 Å². The number of hydrogen-bond acceptors (Lipinski definition) is 2. The molecule has 1 aliphatic carbocycles. The Kier molecular flexibility index (Phi) is 5.99. The molecule has 0 saturated carbocycles. The third-order valence-corrected chi connectivity index (χ3v) is 3.07. The van der Waals surface area contributed by atoms with Crippen molar-refractivity contribution >= 4 is 11.6 Å². The third kappa shape index (κ3) is 4.83. The molecule has 15 heavy (non-hydrogen) atoms. The van der Waals surface area contributed by atoms with Gasteiger partial charge in [0.25, 0.3) is 0 Å². The molecule has 0 fully saturated rings. The maximum absolute atomic E-state index is 5.95. The smallest absolute Gasteiger partial charge is 0.0553 e. The second-order valence-corrected chi connectivity index (χ2v) is 4.50. The van der Waals surface area contributed by atoms with Gasteiger partial charge in [-0.2, -0.15) is 0 Å². The number of halogens is 1. The maximum Gasteiger partial charge on any atom is 0.0553 e. The molecule has 0 radical (unpaired) electrons. The summed E-state index contributed by atoms with van der Waals surface area (Å²) in [6.07, 6.45) is 9.54. The van der Waals surface area contributed by atoms with Crippen LogP contribution in [0.5, 0.6) is 0 Å². The molecule has 0 heterocycles. The highest BCUT2D eigenvalue weighted by atomic mass is 35.5. The summed E-state index contributed by atoms with van der Waals surface area (Å²) >= 11 is 5.95. The lowest BCUT2D eigenvalue weighted by molar-refractivity contribution is 0.509. The van der Waals surface area contributed by atoms with E-state index in [2.05, 4.69) is 30.5 Å². The largest absolute Gasteiger partial charge is 0.329 e. The van der Waals surface area contributed by atoms with E-state index in [4.69, 9.17) is 17.3 Å². The van der Waals surface area contributed by atoms with E-state index in [9.17, 15) is 0 Å². The van der Waals surface area contributed by atoms with E-state index in [0.29, 0.717) is 6.04 Å². The average Bonchev–Trinajstić information content (AvgIpc) is 2.27. The molecular weight excluding hydrogens is 208 g/mol. The molecule has 0 spiro atoms. The molecule has 3 N–H and O–H groups in total. The van der Waals surface area contributed by atoms with Gasteiger partial charge in [-0.05, 0) is 25.8 Å². The van der Waals surface area contributed by atoms with Crippen molar-refractivity contribution in [2.24, 2.45) is 5.73 Å². The van der Waals surface area contributed by atoms with E-state index in [1.54, 1.807) is 0 Å². The summed E-state index contributed by atoms with van der Waals surface area (Å²) in [7, 11) is 0. The fourth-order valence-corrected chi connectivity index (χ4v) is 1.80. The molecule has 2 atom stereocenters. The van der Waals surface area contributed by atoms with E-state index in [1.165, 1.54) is 5.57 Å². The number of alkyl halides is 1. The molecule has 0 aromatic rings. The zero-order chi connectivity index (χ0) is 11.1. The van der Waals surface area contributed by atoms with Gasteiger partial charge in [0.15, 0.2) is 0 Å². The number of allylic oxidation sites excluding steroid dienone is 3. The minimum Gasteiger partial charge on any atom is -0.329 e. The molecule has 1 rings (SSSR count). The van der Waals surface area contributed by atoms with Crippen LogP contribution in [-0.2, 0) is 0 Å². The lowest BCUT2D eigenvalue weighted by atomic mass is 10.0. The van der Waals surface area contributed by atoms with Crippen molar-refractivity contribution < 1.29 is 0 Å². The summed E-state index contributed by atoms with van der Waals surface area (Å²) < 4.78 is 0. The van der Waals surface area contributed by atoms with Gasteiger partial charge in [-0.1, -0.05) is 30.7 Å². The van der Waals surface area contributed by atoms with Crippen LogP contribution in [0.2, 0.25) is 0 Å². The van der Waals surface area contributed by atoms with Gasteiger partial charge in [0.05, 0.1) is 5.38 Å². The highest BCUT2D eigenvalue weighted by molar-refractivity contribution is 6.22. The summed E-state index contributed by atoms with van der Waals surface area (Å²) in [5.74, 6) is 0. The predicted molar refractivity (Wildman–Crippen MR) is 67.2 cm³/mol. The second-order valence-electron chi connectivity index (χ2n) is 3.93. The Bertz CT molecular complexity index is 232. The third-order valence-electron chi connectivity index (χ3n) is 2.75. The van der Waals surface area contributed by atoms with Crippen molar-refractivity contribution in [3.8, 4) is 0 Å². The maximum atomic E-state index is 5.95. The molecule has 0 aromatic heterocycles. The highest BCUT2D eigenvalue weighted by Gasteiger charge is 2.06. The first-order chi connectivity index (χ1) is 7.26. The number of nitrogens with two attached hydrogens (primary N) is 1. The van der Waals surface area contributed by atoms with Gasteiger partial charge in [0.1, 0.15) is 0 Å². The van der Waals surface area contributed by atoms with Gasteiger partial charge < -0.3 is 11.1 Å². The van der Waals surface area contributed by atoms with Crippen molar-refractivity contribution in [2.45, 2.75) is 37.6 Å². The first-order valence-electron chi connectivity index (χ1n) is 5.71. The monoisotopic (exact) mass is 228 g/mol. The molecule has 3 heteroatoms. The summed E-state index contributed by atoms with van der Waals surface area (Å²) in [4.78, 5) is 0. The Morgan fingerprint density at radius 2 is 2.47 bits per heavy atom. The second kappa shape index (κ2) is 7.04. The Balaban J connectivity index is 2.18. The van der Waals surface area contributed by atoms with Crippen LogP contribution in [0.25, 0.3) is 0 Å². The van der Waals surface area contributed by atoms with E-state index in [-0.39, 0.29) is 5.38 Å². The van der Waals surface area contributed by atoms with Crippen molar-refractivity contribution in [1.82, 2.24) is 5.32 Å². The molecule has 86 valence electrons. The minimum atomic E-state index is 0.189. The van der Waals surface area contributed by atoms with E-state index in [1.807, 2.05) is 0 Å². The van der Waals surface area contributed by atoms with Crippen molar-refractivity contribution in [3.63, 3.8) is 0 Å². The van der Waals surface area contributed by atoms with Gasteiger partial charge >= 0.3 is 0 Å². The standard InChI is InChI=1S/C12H21ClN2/c1-2-12(9-14)15-8-7-10-3-5-11(13)6-4-10/h3-5,11-12,15H,2,6-9,14H2,1H3. The van der Waals surface area contributed by atoms with Crippen molar-refractivity contribution in [1.29, 1.82) is 0 Å². The van der Waals surface area contributed by atoms with E-state index < -0.39 is 0 Å². The van der Waals surface area contributed by atoms with E-state index in [0.717, 1.165) is 32.4 Å². The fraction of sp³-hybridized carbons (Fsp3) is 0.667. The van der Waals surface area contributed by atoms with Crippen molar-refractivity contribution in [3.05, 3.63) is 23.8 Å². The highest BCUT2D eigenvalue weighted by Crippen LogP contribution is 2.16. The Labute approximate surface area is 97.6 Å². The molecule has 0 amide bonds. The van der Waals surface area contributed by atoms with Crippen LogP contribution in [0.1, 0.15) is 26.2 Å². The topological polar surface area (TPSA) is 38.0 Å². The quantitative estimate of drug-likeness (QED) is 0.684. The van der Waals surface area contributed by atoms with E-state index >= 15 is 0 Å². The summed E-state index contributed by atoms with van der Waals surface area (Å²) in [5.41, 5.74) is 6.99. The molecule has 0 saturated heterocycles. The van der Waals surface area contributed by atoms with Crippen molar-refractivity contribution in [2.75, 3.05) is 13.1 Å². The van der Waals surface area contributed by atoms with Crippen LogP contribution < -0.4 is 11.1 Å². The van der Waals surface area contributed by atoms with Gasteiger partial charge in [0, 0.05) is 12.6 Å². The van der Waals surface area contributed by atoms with Crippen LogP contribution in [0, 0.1) is 0 Å². The Morgan fingerprint density at radius 3 is 3.00 bits per heavy atom. The summed E-state index contributed by atoms with van der Waals surface area (Å²) in [5, 5.41) is 3.63. The normalized spacial score (nSPS) is 22.6. The summed E-state index contributed by atoms with van der Waals surface area (Å²) in [6, 6.07) is 0.457. The molecule has 0 bridgehead atoms. The predicted octanol–water partition coefficient (Wildman–Crippen LogP) is 2.20. The van der Waals surface area contributed by atoms with Gasteiger partial charge in [-0.15, -0.1) is 11.6 Å². The molecule has 0 aliphatic heterocycles.